The number of carboxylic acids is 1. The second-order valence-electron chi connectivity index (χ2n) is 7.61. The van der Waals surface area contributed by atoms with Gasteiger partial charge < -0.3 is 15.7 Å². The first-order valence-corrected chi connectivity index (χ1v) is 9.71. The van der Waals surface area contributed by atoms with Crippen LogP contribution in [0.4, 0.5) is 5.69 Å². The van der Waals surface area contributed by atoms with Gasteiger partial charge in [0.05, 0.1) is 5.92 Å². The molecule has 1 atom stereocenters. The van der Waals surface area contributed by atoms with E-state index in [4.69, 9.17) is 0 Å². The third-order valence-electron chi connectivity index (χ3n) is 4.54. The van der Waals surface area contributed by atoms with E-state index in [0.29, 0.717) is 24.1 Å². The van der Waals surface area contributed by atoms with Crippen LogP contribution in [0.5, 0.6) is 0 Å². The zero-order valence-corrected chi connectivity index (χ0v) is 17.1. The molecule has 0 fully saturated rings. The molecule has 0 aliphatic carbocycles. The summed E-state index contributed by atoms with van der Waals surface area (Å²) in [6, 6.07) is 14.3. The van der Waals surface area contributed by atoms with Gasteiger partial charge in [-0.05, 0) is 48.6 Å². The number of rotatable bonds is 9. The molecule has 0 saturated carbocycles. The second kappa shape index (κ2) is 10.4. The number of aryl methyl sites for hydroxylation is 1. The summed E-state index contributed by atoms with van der Waals surface area (Å²) < 4.78 is 0. The molecule has 0 aliphatic rings. The molecule has 2 rings (SSSR count). The average molecular weight is 396 g/mol. The van der Waals surface area contributed by atoms with E-state index in [9.17, 15) is 19.5 Å². The van der Waals surface area contributed by atoms with Crippen molar-refractivity contribution < 1.29 is 19.5 Å². The van der Waals surface area contributed by atoms with Crippen LogP contribution in [0.2, 0.25) is 0 Å². The molecule has 154 valence electrons. The Morgan fingerprint density at radius 2 is 1.72 bits per heavy atom. The van der Waals surface area contributed by atoms with Gasteiger partial charge in [-0.2, -0.15) is 0 Å². The Morgan fingerprint density at radius 1 is 1.03 bits per heavy atom. The van der Waals surface area contributed by atoms with Gasteiger partial charge >= 0.3 is 5.97 Å². The molecule has 6 nitrogen and oxygen atoms in total. The average Bonchev–Trinajstić information content (AvgIpc) is 2.66. The minimum atomic E-state index is -0.950. The monoisotopic (exact) mass is 396 g/mol. The zero-order valence-electron chi connectivity index (χ0n) is 17.1. The maximum Gasteiger partial charge on any atom is 0.308 e. The highest BCUT2D eigenvalue weighted by atomic mass is 16.4. The number of carbonyl (C=O) groups excluding carboxylic acids is 2. The van der Waals surface area contributed by atoms with E-state index >= 15 is 0 Å². The van der Waals surface area contributed by atoms with Crippen LogP contribution in [0.15, 0.2) is 48.5 Å². The van der Waals surface area contributed by atoms with Crippen molar-refractivity contribution in [1.82, 2.24) is 5.32 Å². The number of aliphatic carboxylic acids is 1. The van der Waals surface area contributed by atoms with E-state index in [1.165, 1.54) is 0 Å². The fourth-order valence-electron chi connectivity index (χ4n) is 2.98. The third kappa shape index (κ3) is 7.07. The molecule has 0 heterocycles. The lowest BCUT2D eigenvalue weighted by Crippen LogP contribution is -2.34. The summed E-state index contributed by atoms with van der Waals surface area (Å²) in [5.74, 6) is -1.80. The number of hydrogen-bond donors (Lipinski definition) is 3. The molecule has 0 spiro atoms. The molecule has 0 aromatic heterocycles. The highest BCUT2D eigenvalue weighted by molar-refractivity contribution is 5.96. The number of benzene rings is 2. The number of amides is 2. The molecule has 2 aromatic carbocycles. The van der Waals surface area contributed by atoms with E-state index in [1.807, 2.05) is 51.1 Å². The molecule has 0 aliphatic heterocycles. The minimum Gasteiger partial charge on any atom is -0.481 e. The smallest absolute Gasteiger partial charge is 0.308 e. The predicted octanol–water partition coefficient (Wildman–Crippen LogP) is 3.65. The topological polar surface area (TPSA) is 95.5 Å². The van der Waals surface area contributed by atoms with Gasteiger partial charge in [-0.3, -0.25) is 14.4 Å². The molecule has 1 unspecified atom stereocenters. The van der Waals surface area contributed by atoms with Crippen molar-refractivity contribution >= 4 is 23.5 Å². The van der Waals surface area contributed by atoms with E-state index in [-0.39, 0.29) is 24.3 Å². The minimum absolute atomic E-state index is 0.0367. The van der Waals surface area contributed by atoms with Crippen LogP contribution in [0.1, 0.15) is 41.8 Å². The van der Waals surface area contributed by atoms with Gasteiger partial charge in [-0.1, -0.05) is 44.2 Å². The summed E-state index contributed by atoms with van der Waals surface area (Å²) in [5, 5.41) is 15.0. The summed E-state index contributed by atoms with van der Waals surface area (Å²) in [6.45, 7) is 5.80. The van der Waals surface area contributed by atoms with Crippen LogP contribution < -0.4 is 10.6 Å². The number of anilines is 1. The fraction of sp³-hybridized carbons (Fsp3) is 0.348. The van der Waals surface area contributed by atoms with Crippen molar-refractivity contribution in [3.05, 3.63) is 65.2 Å². The number of carboxylic acid groups (broad SMARTS) is 1. The van der Waals surface area contributed by atoms with Gasteiger partial charge in [0.1, 0.15) is 0 Å². The molecular weight excluding hydrogens is 368 g/mol. The maximum absolute atomic E-state index is 12.5. The molecule has 0 bridgehead atoms. The van der Waals surface area contributed by atoms with Crippen LogP contribution in [0, 0.1) is 18.8 Å². The number of hydrogen-bond acceptors (Lipinski definition) is 3. The molecular formula is C23H28N2O4. The van der Waals surface area contributed by atoms with Crippen LogP contribution in [0.3, 0.4) is 0 Å². The van der Waals surface area contributed by atoms with Crippen LogP contribution in [0.25, 0.3) is 0 Å². The van der Waals surface area contributed by atoms with Crippen molar-refractivity contribution in [3.8, 4) is 0 Å². The highest BCUT2D eigenvalue weighted by Gasteiger charge is 2.19. The Kier molecular flexibility index (Phi) is 7.95. The summed E-state index contributed by atoms with van der Waals surface area (Å²) in [4.78, 5) is 35.9. The van der Waals surface area contributed by atoms with Crippen molar-refractivity contribution in [2.45, 2.75) is 33.6 Å². The van der Waals surface area contributed by atoms with E-state index in [1.54, 1.807) is 18.2 Å². The first kappa shape index (κ1) is 22.1. The van der Waals surface area contributed by atoms with E-state index in [2.05, 4.69) is 10.6 Å². The van der Waals surface area contributed by atoms with Gasteiger partial charge in [-0.15, -0.1) is 0 Å². The first-order chi connectivity index (χ1) is 13.8. The Labute approximate surface area is 171 Å². The lowest BCUT2D eigenvalue weighted by Gasteiger charge is -2.15. The van der Waals surface area contributed by atoms with Gasteiger partial charge in [0.2, 0.25) is 5.91 Å². The first-order valence-electron chi connectivity index (χ1n) is 9.71. The second-order valence-corrected chi connectivity index (χ2v) is 7.61. The predicted molar refractivity (Wildman–Crippen MR) is 113 cm³/mol. The van der Waals surface area contributed by atoms with Crippen molar-refractivity contribution in [1.29, 1.82) is 0 Å². The normalized spacial score (nSPS) is 11.7. The summed E-state index contributed by atoms with van der Waals surface area (Å²) in [7, 11) is 0. The number of carbonyl (C=O) groups is 3. The standard InChI is InChI=1S/C23H28N2O4/c1-15(2)11-21(26)25-20-10-9-18(12-16(20)3)22(27)24-14-19(23(28)29)13-17-7-5-4-6-8-17/h4-10,12,15,19H,11,13-14H2,1-3H3,(H,24,27)(H,25,26)(H,28,29). The van der Waals surface area contributed by atoms with Crippen LogP contribution >= 0.6 is 0 Å². The Bertz CT molecular complexity index is 862. The zero-order chi connectivity index (χ0) is 21.4. The molecule has 0 radical (unpaired) electrons. The summed E-state index contributed by atoms with van der Waals surface area (Å²) in [5.41, 5.74) is 2.77. The molecule has 2 amide bonds. The Morgan fingerprint density at radius 3 is 2.31 bits per heavy atom. The number of nitrogens with one attached hydrogen (secondary N) is 2. The Hall–Kier alpha value is -3.15. The highest BCUT2D eigenvalue weighted by Crippen LogP contribution is 2.18. The van der Waals surface area contributed by atoms with Gasteiger partial charge in [0, 0.05) is 24.2 Å². The van der Waals surface area contributed by atoms with Crippen molar-refractivity contribution in [3.63, 3.8) is 0 Å². The maximum atomic E-state index is 12.5. The van der Waals surface area contributed by atoms with Gasteiger partial charge in [0.15, 0.2) is 0 Å². The molecule has 6 heteroatoms. The molecule has 0 saturated heterocycles. The largest absolute Gasteiger partial charge is 0.481 e. The summed E-state index contributed by atoms with van der Waals surface area (Å²) in [6.07, 6.45) is 0.774. The van der Waals surface area contributed by atoms with Crippen molar-refractivity contribution in [2.75, 3.05) is 11.9 Å². The summed E-state index contributed by atoms with van der Waals surface area (Å²) >= 11 is 0. The quantitative estimate of drug-likeness (QED) is 0.603. The van der Waals surface area contributed by atoms with E-state index < -0.39 is 11.9 Å². The van der Waals surface area contributed by atoms with Crippen molar-refractivity contribution in [2.24, 2.45) is 11.8 Å². The van der Waals surface area contributed by atoms with Crippen LogP contribution in [-0.4, -0.2) is 29.4 Å². The van der Waals surface area contributed by atoms with E-state index in [0.717, 1.165) is 11.1 Å². The lowest BCUT2D eigenvalue weighted by molar-refractivity contribution is -0.141. The SMILES string of the molecule is Cc1cc(C(=O)NCC(Cc2ccccc2)C(=O)O)ccc1NC(=O)CC(C)C. The van der Waals surface area contributed by atoms with Gasteiger partial charge in [0.25, 0.3) is 5.91 Å². The van der Waals surface area contributed by atoms with Crippen LogP contribution in [-0.2, 0) is 16.0 Å². The van der Waals surface area contributed by atoms with Gasteiger partial charge in [-0.25, -0.2) is 0 Å². The molecule has 29 heavy (non-hydrogen) atoms. The Balaban J connectivity index is 1.98. The molecule has 2 aromatic rings. The third-order valence-corrected chi connectivity index (χ3v) is 4.54. The fourth-order valence-corrected chi connectivity index (χ4v) is 2.98. The lowest BCUT2D eigenvalue weighted by atomic mass is 9.99. The molecule has 3 N–H and O–H groups in total.